The third kappa shape index (κ3) is 2.27. The average Bonchev–Trinajstić information content (AvgIpc) is 3.15. The molecule has 1 amide bonds. The van der Waals surface area contributed by atoms with E-state index in [1.165, 1.54) is 16.2 Å². The second-order valence-electron chi connectivity index (χ2n) is 6.84. The SMILES string of the molecule is N#Cc1c(NC(=O)[C@H]2[C@H](C(=O)O)[C@H]3C=C[C@H]2CC3)sc2c1CCC2. The van der Waals surface area contributed by atoms with Crippen LogP contribution in [0.15, 0.2) is 12.2 Å². The van der Waals surface area contributed by atoms with Crippen LogP contribution < -0.4 is 5.32 Å². The van der Waals surface area contributed by atoms with Crippen LogP contribution in [0.25, 0.3) is 0 Å². The number of carboxylic acid groups (broad SMARTS) is 1. The number of anilines is 1. The first-order valence-corrected chi connectivity index (χ1v) is 9.18. The van der Waals surface area contributed by atoms with Crippen molar-refractivity contribution in [3.63, 3.8) is 0 Å². The summed E-state index contributed by atoms with van der Waals surface area (Å²) in [6.07, 6.45) is 8.54. The van der Waals surface area contributed by atoms with Gasteiger partial charge in [0.15, 0.2) is 0 Å². The summed E-state index contributed by atoms with van der Waals surface area (Å²) in [6, 6.07) is 2.22. The Labute approximate surface area is 144 Å². The van der Waals surface area contributed by atoms with Crippen molar-refractivity contribution in [2.24, 2.45) is 23.7 Å². The van der Waals surface area contributed by atoms with Crippen molar-refractivity contribution in [2.75, 3.05) is 5.32 Å². The Balaban J connectivity index is 1.62. The van der Waals surface area contributed by atoms with Gasteiger partial charge in [-0.25, -0.2) is 0 Å². The van der Waals surface area contributed by atoms with Crippen molar-refractivity contribution in [1.29, 1.82) is 5.26 Å². The van der Waals surface area contributed by atoms with E-state index in [1.807, 2.05) is 12.2 Å². The molecule has 1 aromatic rings. The first-order chi connectivity index (χ1) is 11.6. The van der Waals surface area contributed by atoms with Gasteiger partial charge in [-0.3, -0.25) is 9.59 Å². The van der Waals surface area contributed by atoms with Gasteiger partial charge in [0.1, 0.15) is 11.1 Å². The first-order valence-electron chi connectivity index (χ1n) is 8.36. The predicted octanol–water partition coefficient (Wildman–Crippen LogP) is 2.96. The zero-order chi connectivity index (χ0) is 16.8. The van der Waals surface area contributed by atoms with Crippen LogP contribution in [-0.4, -0.2) is 17.0 Å². The normalized spacial score (nSPS) is 30.0. The molecule has 2 bridgehead atoms. The average molecular weight is 342 g/mol. The van der Waals surface area contributed by atoms with Crippen molar-refractivity contribution < 1.29 is 14.7 Å². The minimum absolute atomic E-state index is 0.0200. The lowest BCUT2D eigenvalue weighted by atomic mass is 9.62. The molecule has 5 rings (SSSR count). The number of fused-ring (bicyclic) bond motifs is 3. The number of aryl methyl sites for hydroxylation is 1. The Kier molecular flexibility index (Phi) is 3.69. The van der Waals surface area contributed by atoms with Gasteiger partial charge in [0.2, 0.25) is 5.91 Å². The van der Waals surface area contributed by atoms with Crippen molar-refractivity contribution >= 4 is 28.2 Å². The monoisotopic (exact) mass is 342 g/mol. The summed E-state index contributed by atoms with van der Waals surface area (Å²) in [5.41, 5.74) is 1.64. The van der Waals surface area contributed by atoms with E-state index in [2.05, 4.69) is 11.4 Å². The molecule has 0 aliphatic heterocycles. The van der Waals surface area contributed by atoms with Crippen molar-refractivity contribution in [3.8, 4) is 6.07 Å². The summed E-state index contributed by atoms with van der Waals surface area (Å²) < 4.78 is 0. The summed E-state index contributed by atoms with van der Waals surface area (Å²) in [5, 5.41) is 22.5. The highest BCUT2D eigenvalue weighted by Crippen LogP contribution is 2.46. The Bertz CT molecular complexity index is 789. The van der Waals surface area contributed by atoms with Crippen LogP contribution in [0, 0.1) is 35.0 Å². The molecule has 6 heteroatoms. The molecule has 1 aromatic heterocycles. The van der Waals surface area contributed by atoms with Crippen molar-refractivity contribution in [1.82, 2.24) is 0 Å². The van der Waals surface area contributed by atoms with Gasteiger partial charge < -0.3 is 10.4 Å². The number of carboxylic acids is 1. The van der Waals surface area contributed by atoms with Crippen LogP contribution in [0.5, 0.6) is 0 Å². The number of carbonyl (C=O) groups excluding carboxylic acids is 1. The Morgan fingerprint density at radius 1 is 1.21 bits per heavy atom. The number of carbonyl (C=O) groups is 2. The maximum atomic E-state index is 12.9. The summed E-state index contributed by atoms with van der Waals surface area (Å²) >= 11 is 1.48. The number of hydrogen-bond acceptors (Lipinski definition) is 4. The third-order valence-corrected chi connectivity index (χ3v) is 6.81. The zero-order valence-electron chi connectivity index (χ0n) is 13.1. The van der Waals surface area contributed by atoms with Crippen molar-refractivity contribution in [2.45, 2.75) is 32.1 Å². The van der Waals surface area contributed by atoms with Crippen LogP contribution >= 0.6 is 11.3 Å². The largest absolute Gasteiger partial charge is 0.481 e. The summed E-state index contributed by atoms with van der Waals surface area (Å²) in [5.74, 6) is -2.44. The van der Waals surface area contributed by atoms with E-state index < -0.39 is 17.8 Å². The number of thiophene rings is 1. The van der Waals surface area contributed by atoms with E-state index in [0.717, 1.165) is 37.7 Å². The fourth-order valence-corrected chi connectivity index (χ4v) is 5.74. The molecule has 1 saturated carbocycles. The molecule has 0 saturated heterocycles. The van der Waals surface area contributed by atoms with E-state index >= 15 is 0 Å². The second kappa shape index (κ2) is 5.75. The van der Waals surface area contributed by atoms with Gasteiger partial charge in [-0.2, -0.15) is 5.26 Å². The van der Waals surface area contributed by atoms with Gasteiger partial charge in [0.05, 0.1) is 17.4 Å². The lowest BCUT2D eigenvalue weighted by Crippen LogP contribution is -2.47. The number of nitrogens with one attached hydrogen (secondary N) is 1. The Hall–Kier alpha value is -2.13. The van der Waals surface area contributed by atoms with Gasteiger partial charge >= 0.3 is 5.97 Å². The number of rotatable bonds is 3. The van der Waals surface area contributed by atoms with E-state index in [-0.39, 0.29) is 17.7 Å². The second-order valence-corrected chi connectivity index (χ2v) is 7.95. The van der Waals surface area contributed by atoms with Gasteiger partial charge in [-0.05, 0) is 49.5 Å². The van der Waals surface area contributed by atoms with Gasteiger partial charge in [0.25, 0.3) is 0 Å². The standard InChI is InChI=1S/C18H18N2O3S/c19-8-12-11-2-1-3-13(11)24-17(12)20-16(21)14-9-4-6-10(7-5-9)15(14)18(22)23/h4,6,9-10,14-15H,1-3,5,7H2,(H,20,21)(H,22,23)/t9-,10-,14+,15+/m0/s1. The molecule has 4 aliphatic rings. The maximum Gasteiger partial charge on any atom is 0.307 e. The molecule has 4 atom stereocenters. The van der Waals surface area contributed by atoms with Crippen LogP contribution in [0.3, 0.4) is 0 Å². The third-order valence-electron chi connectivity index (χ3n) is 5.61. The van der Waals surface area contributed by atoms with Crippen LogP contribution in [-0.2, 0) is 22.4 Å². The molecule has 4 aliphatic carbocycles. The van der Waals surface area contributed by atoms with Crippen LogP contribution in [0.1, 0.15) is 35.3 Å². The highest BCUT2D eigenvalue weighted by Gasteiger charge is 2.48. The quantitative estimate of drug-likeness (QED) is 0.826. The molecule has 2 N–H and O–H groups in total. The fourth-order valence-electron chi connectivity index (χ4n) is 4.49. The minimum Gasteiger partial charge on any atom is -0.481 e. The molecule has 0 spiro atoms. The maximum absolute atomic E-state index is 12.9. The topological polar surface area (TPSA) is 90.2 Å². The molecule has 0 unspecified atom stereocenters. The number of amides is 1. The number of nitriles is 1. The van der Waals surface area contributed by atoms with Crippen molar-refractivity contribution in [3.05, 3.63) is 28.2 Å². The number of aliphatic carboxylic acids is 1. The van der Waals surface area contributed by atoms with Crippen LogP contribution in [0.4, 0.5) is 5.00 Å². The predicted molar refractivity (Wildman–Crippen MR) is 89.7 cm³/mol. The zero-order valence-corrected chi connectivity index (χ0v) is 13.9. The van der Waals surface area contributed by atoms with Gasteiger partial charge in [0, 0.05) is 4.88 Å². The smallest absolute Gasteiger partial charge is 0.307 e. The molecular formula is C18H18N2O3S. The summed E-state index contributed by atoms with van der Waals surface area (Å²) in [7, 11) is 0. The molecule has 1 fully saturated rings. The summed E-state index contributed by atoms with van der Waals surface area (Å²) in [6.45, 7) is 0. The molecular weight excluding hydrogens is 324 g/mol. The van der Waals surface area contributed by atoms with E-state index in [9.17, 15) is 20.0 Å². The Morgan fingerprint density at radius 3 is 2.54 bits per heavy atom. The van der Waals surface area contributed by atoms with Crippen LogP contribution in [0.2, 0.25) is 0 Å². The lowest BCUT2D eigenvalue weighted by molar-refractivity contribution is -0.151. The van der Waals surface area contributed by atoms with E-state index in [4.69, 9.17) is 0 Å². The first kappa shape index (κ1) is 15.4. The Morgan fingerprint density at radius 2 is 1.92 bits per heavy atom. The van der Waals surface area contributed by atoms with Gasteiger partial charge in [-0.15, -0.1) is 11.3 Å². The highest BCUT2D eigenvalue weighted by atomic mass is 32.1. The lowest BCUT2D eigenvalue weighted by Gasteiger charge is -2.41. The molecule has 1 heterocycles. The molecule has 0 radical (unpaired) electrons. The van der Waals surface area contributed by atoms with E-state index in [0.29, 0.717) is 10.6 Å². The molecule has 0 aromatic carbocycles. The molecule has 124 valence electrons. The molecule has 24 heavy (non-hydrogen) atoms. The summed E-state index contributed by atoms with van der Waals surface area (Å²) in [4.78, 5) is 25.7. The number of allylic oxidation sites excluding steroid dienone is 2. The minimum atomic E-state index is -0.900. The molecule has 5 nitrogen and oxygen atoms in total. The highest BCUT2D eigenvalue weighted by molar-refractivity contribution is 7.16. The van der Waals surface area contributed by atoms with Gasteiger partial charge in [-0.1, -0.05) is 12.2 Å². The number of hydrogen-bond donors (Lipinski definition) is 2. The van der Waals surface area contributed by atoms with E-state index in [1.54, 1.807) is 0 Å². The fraction of sp³-hybridized carbons (Fsp3) is 0.500. The number of nitrogens with zero attached hydrogens (tertiary/aromatic N) is 1.